The van der Waals surface area contributed by atoms with Gasteiger partial charge >= 0.3 is 0 Å². The first-order valence-electron chi connectivity index (χ1n) is 7.06. The Morgan fingerprint density at radius 1 is 1.19 bits per heavy atom. The van der Waals surface area contributed by atoms with E-state index in [0.717, 1.165) is 30.3 Å². The number of ether oxygens (including phenoxy) is 1. The number of likely N-dealkylation sites (tertiary alicyclic amines) is 1. The fourth-order valence-electron chi connectivity index (χ4n) is 3.85. The fourth-order valence-corrected chi connectivity index (χ4v) is 3.85. The number of hydrogen-bond donors (Lipinski definition) is 0. The second-order valence-electron chi connectivity index (χ2n) is 6.50. The van der Waals surface area contributed by atoms with Crippen molar-refractivity contribution in [3.05, 3.63) is 0 Å². The molecular formula is C14H25NO. The third-order valence-electron chi connectivity index (χ3n) is 5.06. The second kappa shape index (κ2) is 4.30. The molecule has 92 valence electrons. The molecule has 3 fully saturated rings. The molecule has 0 aromatic carbocycles. The summed E-state index contributed by atoms with van der Waals surface area (Å²) in [6, 6.07) is 0. The third-order valence-corrected chi connectivity index (χ3v) is 5.06. The minimum absolute atomic E-state index is 0.569. The summed E-state index contributed by atoms with van der Waals surface area (Å²) in [6.45, 7) is 9.71. The number of rotatable bonds is 3. The van der Waals surface area contributed by atoms with Gasteiger partial charge in [0, 0.05) is 26.2 Å². The van der Waals surface area contributed by atoms with E-state index in [1.807, 2.05) is 0 Å². The zero-order valence-corrected chi connectivity index (χ0v) is 10.7. The predicted octanol–water partition coefficient (Wildman–Crippen LogP) is 2.39. The molecular weight excluding hydrogens is 198 g/mol. The van der Waals surface area contributed by atoms with Crippen LogP contribution in [-0.4, -0.2) is 37.2 Å². The van der Waals surface area contributed by atoms with Crippen molar-refractivity contribution in [2.75, 3.05) is 26.2 Å². The lowest BCUT2D eigenvalue weighted by molar-refractivity contribution is -0.0649. The Kier molecular flexibility index (Phi) is 2.97. The van der Waals surface area contributed by atoms with Gasteiger partial charge in [0.25, 0.3) is 0 Å². The lowest BCUT2D eigenvalue weighted by atomic mass is 9.93. The van der Waals surface area contributed by atoms with Crippen LogP contribution in [0.2, 0.25) is 0 Å². The van der Waals surface area contributed by atoms with Crippen LogP contribution < -0.4 is 0 Å². The van der Waals surface area contributed by atoms with Gasteiger partial charge in [-0.3, -0.25) is 0 Å². The minimum Gasteiger partial charge on any atom is -0.377 e. The molecule has 0 aromatic rings. The molecule has 0 spiro atoms. The fraction of sp³-hybridized carbons (Fsp3) is 1.00. The molecule has 2 nitrogen and oxygen atoms in total. The van der Waals surface area contributed by atoms with Gasteiger partial charge in [-0.05, 0) is 42.9 Å². The predicted molar refractivity (Wildman–Crippen MR) is 65.3 cm³/mol. The summed E-state index contributed by atoms with van der Waals surface area (Å²) in [7, 11) is 0. The smallest absolute Gasteiger partial charge is 0.0723 e. The molecule has 2 aliphatic heterocycles. The molecule has 2 heteroatoms. The minimum atomic E-state index is 0.569. The van der Waals surface area contributed by atoms with Crippen molar-refractivity contribution in [3.8, 4) is 0 Å². The summed E-state index contributed by atoms with van der Waals surface area (Å²) in [4.78, 5) is 2.66. The molecule has 4 atom stereocenters. The van der Waals surface area contributed by atoms with E-state index >= 15 is 0 Å². The molecule has 0 bridgehead atoms. The Morgan fingerprint density at radius 2 is 1.81 bits per heavy atom. The molecule has 2 heterocycles. The lowest BCUT2D eigenvalue weighted by Crippen LogP contribution is -2.39. The highest BCUT2D eigenvalue weighted by molar-refractivity contribution is 4.93. The van der Waals surface area contributed by atoms with Crippen LogP contribution in [0.15, 0.2) is 0 Å². The molecule has 0 aromatic heterocycles. The van der Waals surface area contributed by atoms with Crippen LogP contribution in [0.3, 0.4) is 0 Å². The van der Waals surface area contributed by atoms with Gasteiger partial charge in [0.2, 0.25) is 0 Å². The Balaban J connectivity index is 1.49. The van der Waals surface area contributed by atoms with E-state index in [2.05, 4.69) is 18.7 Å². The van der Waals surface area contributed by atoms with Crippen molar-refractivity contribution in [1.29, 1.82) is 0 Å². The first-order valence-corrected chi connectivity index (χ1v) is 7.06. The Morgan fingerprint density at radius 3 is 2.25 bits per heavy atom. The van der Waals surface area contributed by atoms with Gasteiger partial charge < -0.3 is 9.64 Å². The summed E-state index contributed by atoms with van der Waals surface area (Å²) < 4.78 is 5.53. The molecule has 3 rings (SSSR count). The summed E-state index contributed by atoms with van der Waals surface area (Å²) in [6.07, 6.45) is 4.84. The topological polar surface area (TPSA) is 12.5 Å². The zero-order valence-electron chi connectivity index (χ0n) is 10.7. The Hall–Kier alpha value is -0.0800. The molecule has 1 aliphatic carbocycles. The van der Waals surface area contributed by atoms with Crippen molar-refractivity contribution < 1.29 is 4.74 Å². The third kappa shape index (κ3) is 2.02. The highest BCUT2D eigenvalue weighted by atomic mass is 16.5. The standard InChI is InChI=1S/C14H25NO/c1-10(2)11-5-12-7-15(8-13(12)6-11)9-14-3-4-16-14/h10-14H,3-9H2,1-2H3/t11?,12-,13+,14?. The summed E-state index contributed by atoms with van der Waals surface area (Å²) in [5, 5.41) is 0. The summed E-state index contributed by atoms with van der Waals surface area (Å²) in [5.74, 6) is 3.92. The summed E-state index contributed by atoms with van der Waals surface area (Å²) in [5.41, 5.74) is 0. The number of hydrogen-bond acceptors (Lipinski definition) is 2. The van der Waals surface area contributed by atoms with Crippen LogP contribution in [-0.2, 0) is 4.74 Å². The van der Waals surface area contributed by atoms with Crippen molar-refractivity contribution in [2.24, 2.45) is 23.7 Å². The van der Waals surface area contributed by atoms with Crippen LogP contribution >= 0.6 is 0 Å². The van der Waals surface area contributed by atoms with Crippen LogP contribution in [0.1, 0.15) is 33.1 Å². The lowest BCUT2D eigenvalue weighted by Gasteiger charge is -2.31. The molecule has 2 saturated heterocycles. The maximum atomic E-state index is 5.53. The average Bonchev–Trinajstić information content (AvgIpc) is 2.67. The molecule has 0 amide bonds. The molecule has 0 radical (unpaired) electrons. The van der Waals surface area contributed by atoms with Crippen molar-refractivity contribution in [1.82, 2.24) is 4.90 Å². The van der Waals surface area contributed by atoms with E-state index in [4.69, 9.17) is 4.74 Å². The van der Waals surface area contributed by atoms with E-state index in [0.29, 0.717) is 6.10 Å². The van der Waals surface area contributed by atoms with Gasteiger partial charge in [-0.15, -0.1) is 0 Å². The molecule has 16 heavy (non-hydrogen) atoms. The molecule has 0 N–H and O–H groups in total. The van der Waals surface area contributed by atoms with Crippen LogP contribution in [0.25, 0.3) is 0 Å². The van der Waals surface area contributed by atoms with Gasteiger partial charge in [0.15, 0.2) is 0 Å². The summed E-state index contributed by atoms with van der Waals surface area (Å²) >= 11 is 0. The molecule has 3 aliphatic rings. The number of fused-ring (bicyclic) bond motifs is 1. The van der Waals surface area contributed by atoms with E-state index < -0.39 is 0 Å². The maximum absolute atomic E-state index is 5.53. The van der Waals surface area contributed by atoms with Gasteiger partial charge in [-0.25, -0.2) is 0 Å². The monoisotopic (exact) mass is 223 g/mol. The Labute approximate surface area is 99.3 Å². The van der Waals surface area contributed by atoms with Crippen molar-refractivity contribution in [2.45, 2.75) is 39.2 Å². The SMILES string of the molecule is CC(C)C1C[C@@H]2CN(CC3CCO3)C[C@@H]2C1. The highest BCUT2D eigenvalue weighted by Crippen LogP contribution is 2.44. The first-order chi connectivity index (χ1) is 7.72. The zero-order chi connectivity index (χ0) is 11.1. The first kappa shape index (κ1) is 11.0. The van der Waals surface area contributed by atoms with Crippen molar-refractivity contribution in [3.63, 3.8) is 0 Å². The average molecular weight is 223 g/mol. The van der Waals surface area contributed by atoms with E-state index in [1.54, 1.807) is 0 Å². The largest absolute Gasteiger partial charge is 0.377 e. The van der Waals surface area contributed by atoms with E-state index in [1.165, 1.54) is 38.9 Å². The van der Waals surface area contributed by atoms with E-state index in [-0.39, 0.29) is 0 Å². The van der Waals surface area contributed by atoms with Gasteiger partial charge in [0.05, 0.1) is 6.10 Å². The van der Waals surface area contributed by atoms with Crippen molar-refractivity contribution >= 4 is 0 Å². The van der Waals surface area contributed by atoms with Crippen LogP contribution in [0.4, 0.5) is 0 Å². The quantitative estimate of drug-likeness (QED) is 0.728. The maximum Gasteiger partial charge on any atom is 0.0723 e. The van der Waals surface area contributed by atoms with E-state index in [9.17, 15) is 0 Å². The van der Waals surface area contributed by atoms with Crippen LogP contribution in [0.5, 0.6) is 0 Å². The Bertz CT molecular complexity index is 235. The van der Waals surface area contributed by atoms with Gasteiger partial charge in [-0.2, -0.15) is 0 Å². The second-order valence-corrected chi connectivity index (χ2v) is 6.50. The number of nitrogens with zero attached hydrogens (tertiary/aromatic N) is 1. The van der Waals surface area contributed by atoms with Crippen LogP contribution in [0, 0.1) is 23.7 Å². The normalized spacial score (nSPS) is 43.7. The van der Waals surface area contributed by atoms with Gasteiger partial charge in [0.1, 0.15) is 0 Å². The highest BCUT2D eigenvalue weighted by Gasteiger charge is 2.42. The molecule has 2 unspecified atom stereocenters. The molecule has 1 saturated carbocycles. The van der Waals surface area contributed by atoms with Gasteiger partial charge in [-0.1, -0.05) is 13.8 Å².